The molecule has 9 rings (SSSR count). The summed E-state index contributed by atoms with van der Waals surface area (Å²) in [5.74, 6) is 0.701. The van der Waals surface area contributed by atoms with Crippen molar-refractivity contribution in [3.63, 3.8) is 0 Å². The van der Waals surface area contributed by atoms with Gasteiger partial charge in [-0.2, -0.15) is 0 Å². The number of pyridine rings is 1. The Kier molecular flexibility index (Phi) is 6.65. The zero-order valence-electron chi connectivity index (χ0n) is 25.3. The standard InChI is InChI=1S/C43H27N3S/c1-3-11-28(12-4-1)29-19-21-31(22-20-29)38-27-37(30-13-5-2-6-14-30)45-43(46-38)33-25-23-32(24-26-33)40-34-15-7-9-17-36(34)44-41-35-16-8-10-18-39(35)47-42(40)41/h1-27H. The van der Waals surface area contributed by atoms with Gasteiger partial charge in [-0.1, -0.05) is 146 Å². The lowest BCUT2D eigenvalue weighted by Gasteiger charge is -2.12. The van der Waals surface area contributed by atoms with E-state index in [1.165, 1.54) is 31.5 Å². The number of fused-ring (bicyclic) bond motifs is 4. The van der Waals surface area contributed by atoms with E-state index in [0.717, 1.165) is 50.1 Å². The van der Waals surface area contributed by atoms with Crippen LogP contribution in [-0.4, -0.2) is 15.0 Å². The molecular formula is C43H27N3S. The number of para-hydroxylation sites is 1. The summed E-state index contributed by atoms with van der Waals surface area (Å²) in [6.07, 6.45) is 0. The predicted octanol–water partition coefficient (Wildman–Crippen LogP) is 11.7. The second kappa shape index (κ2) is 11.4. The van der Waals surface area contributed by atoms with Gasteiger partial charge in [0.15, 0.2) is 5.82 Å². The van der Waals surface area contributed by atoms with E-state index in [-0.39, 0.29) is 0 Å². The van der Waals surface area contributed by atoms with Crippen LogP contribution in [0.15, 0.2) is 164 Å². The number of thiophene rings is 1. The van der Waals surface area contributed by atoms with Crippen molar-refractivity contribution in [2.45, 2.75) is 0 Å². The molecule has 0 aliphatic heterocycles. The first-order valence-electron chi connectivity index (χ1n) is 15.7. The summed E-state index contributed by atoms with van der Waals surface area (Å²) in [5, 5.41) is 2.36. The topological polar surface area (TPSA) is 38.7 Å². The van der Waals surface area contributed by atoms with E-state index >= 15 is 0 Å². The van der Waals surface area contributed by atoms with Crippen LogP contribution in [0.4, 0.5) is 0 Å². The van der Waals surface area contributed by atoms with Gasteiger partial charge in [-0.05, 0) is 34.9 Å². The van der Waals surface area contributed by atoms with Crippen LogP contribution in [0.3, 0.4) is 0 Å². The van der Waals surface area contributed by atoms with Crippen molar-refractivity contribution in [2.24, 2.45) is 0 Å². The predicted molar refractivity (Wildman–Crippen MR) is 197 cm³/mol. The average Bonchev–Trinajstić information content (AvgIpc) is 3.52. The molecule has 0 spiro atoms. The van der Waals surface area contributed by atoms with Crippen molar-refractivity contribution in [3.8, 4) is 56.2 Å². The Morgan fingerprint density at radius 3 is 1.62 bits per heavy atom. The van der Waals surface area contributed by atoms with Crippen LogP contribution in [0, 0.1) is 0 Å². The molecule has 0 saturated heterocycles. The van der Waals surface area contributed by atoms with Crippen LogP contribution in [0.5, 0.6) is 0 Å². The first-order chi connectivity index (χ1) is 23.3. The van der Waals surface area contributed by atoms with Gasteiger partial charge in [0, 0.05) is 37.7 Å². The van der Waals surface area contributed by atoms with Gasteiger partial charge in [-0.25, -0.2) is 15.0 Å². The highest BCUT2D eigenvalue weighted by Gasteiger charge is 2.17. The number of hydrogen-bond donors (Lipinski definition) is 0. The lowest BCUT2D eigenvalue weighted by Crippen LogP contribution is -1.96. The second-order valence-corrected chi connectivity index (χ2v) is 12.7. The molecule has 0 saturated carbocycles. The van der Waals surface area contributed by atoms with E-state index in [9.17, 15) is 0 Å². The first-order valence-corrected chi connectivity index (χ1v) is 16.5. The molecule has 0 radical (unpaired) electrons. The lowest BCUT2D eigenvalue weighted by atomic mass is 9.98. The largest absolute Gasteiger partial charge is 0.246 e. The first kappa shape index (κ1) is 27.3. The third kappa shape index (κ3) is 4.96. The molecule has 47 heavy (non-hydrogen) atoms. The highest BCUT2D eigenvalue weighted by atomic mass is 32.1. The van der Waals surface area contributed by atoms with Gasteiger partial charge >= 0.3 is 0 Å². The molecule has 6 aromatic carbocycles. The quantitative estimate of drug-likeness (QED) is 0.193. The SMILES string of the molecule is c1ccc(-c2ccc(-c3cc(-c4ccccc4)nc(-c4ccc(-c5c6ccccc6nc6c5sc5ccccc56)cc4)n3)cc2)cc1. The van der Waals surface area contributed by atoms with Crippen molar-refractivity contribution in [1.29, 1.82) is 0 Å². The molecule has 0 N–H and O–H groups in total. The maximum Gasteiger partial charge on any atom is 0.160 e. The summed E-state index contributed by atoms with van der Waals surface area (Å²) in [6, 6.07) is 57.2. The Morgan fingerprint density at radius 2 is 0.894 bits per heavy atom. The zero-order chi connectivity index (χ0) is 31.2. The van der Waals surface area contributed by atoms with Crippen molar-refractivity contribution >= 4 is 42.5 Å². The Morgan fingerprint density at radius 1 is 0.383 bits per heavy atom. The van der Waals surface area contributed by atoms with E-state index < -0.39 is 0 Å². The number of benzene rings is 6. The van der Waals surface area contributed by atoms with E-state index in [4.69, 9.17) is 15.0 Å². The summed E-state index contributed by atoms with van der Waals surface area (Å²) >= 11 is 1.81. The van der Waals surface area contributed by atoms with Crippen LogP contribution in [-0.2, 0) is 0 Å². The Labute approximate surface area is 276 Å². The summed E-state index contributed by atoms with van der Waals surface area (Å²) in [7, 11) is 0. The third-order valence-electron chi connectivity index (χ3n) is 8.72. The second-order valence-electron chi connectivity index (χ2n) is 11.6. The molecule has 220 valence electrons. The molecule has 0 bridgehead atoms. The number of aromatic nitrogens is 3. The Hall–Kier alpha value is -5.97. The van der Waals surface area contributed by atoms with Crippen LogP contribution in [0.1, 0.15) is 0 Å². The minimum Gasteiger partial charge on any atom is -0.246 e. The summed E-state index contributed by atoms with van der Waals surface area (Å²) in [4.78, 5) is 15.3. The monoisotopic (exact) mass is 617 g/mol. The van der Waals surface area contributed by atoms with Crippen LogP contribution in [0.2, 0.25) is 0 Å². The molecule has 4 heteroatoms. The zero-order valence-corrected chi connectivity index (χ0v) is 26.2. The molecule has 0 amide bonds. The number of nitrogens with zero attached hydrogens (tertiary/aromatic N) is 3. The molecule has 3 nitrogen and oxygen atoms in total. The summed E-state index contributed by atoms with van der Waals surface area (Å²) in [6.45, 7) is 0. The minimum atomic E-state index is 0.701. The molecule has 3 aromatic heterocycles. The number of rotatable bonds is 5. The lowest BCUT2D eigenvalue weighted by molar-refractivity contribution is 1.18. The van der Waals surface area contributed by atoms with Crippen LogP contribution >= 0.6 is 11.3 Å². The Bertz CT molecular complexity index is 2540. The van der Waals surface area contributed by atoms with Crippen molar-refractivity contribution in [3.05, 3.63) is 164 Å². The van der Waals surface area contributed by atoms with Gasteiger partial charge in [-0.15, -0.1) is 11.3 Å². The van der Waals surface area contributed by atoms with E-state index in [2.05, 4.69) is 140 Å². The average molecular weight is 618 g/mol. The third-order valence-corrected chi connectivity index (χ3v) is 9.89. The van der Waals surface area contributed by atoms with Crippen molar-refractivity contribution in [1.82, 2.24) is 15.0 Å². The summed E-state index contributed by atoms with van der Waals surface area (Å²) < 4.78 is 2.46. The van der Waals surface area contributed by atoms with Gasteiger partial charge in [0.1, 0.15) is 0 Å². The molecule has 0 aliphatic rings. The van der Waals surface area contributed by atoms with Gasteiger partial charge < -0.3 is 0 Å². The molecule has 0 aliphatic carbocycles. The maximum absolute atomic E-state index is 5.11. The smallest absolute Gasteiger partial charge is 0.160 e. The fourth-order valence-electron chi connectivity index (χ4n) is 6.36. The van der Waals surface area contributed by atoms with Crippen molar-refractivity contribution < 1.29 is 0 Å². The van der Waals surface area contributed by atoms with E-state index in [1.54, 1.807) is 0 Å². The fraction of sp³-hybridized carbons (Fsp3) is 0. The van der Waals surface area contributed by atoms with Crippen LogP contribution < -0.4 is 0 Å². The van der Waals surface area contributed by atoms with Gasteiger partial charge in [0.2, 0.25) is 0 Å². The molecule has 0 atom stereocenters. The molecule has 9 aromatic rings. The van der Waals surface area contributed by atoms with Gasteiger partial charge in [-0.3, -0.25) is 0 Å². The minimum absolute atomic E-state index is 0.701. The van der Waals surface area contributed by atoms with Crippen molar-refractivity contribution in [2.75, 3.05) is 0 Å². The highest BCUT2D eigenvalue weighted by Crippen LogP contribution is 2.43. The molecular weight excluding hydrogens is 591 g/mol. The maximum atomic E-state index is 5.11. The van der Waals surface area contributed by atoms with Crippen LogP contribution in [0.25, 0.3) is 87.4 Å². The number of hydrogen-bond acceptors (Lipinski definition) is 4. The molecule has 0 fully saturated rings. The van der Waals surface area contributed by atoms with Gasteiger partial charge in [0.05, 0.1) is 27.1 Å². The van der Waals surface area contributed by atoms with E-state index in [1.807, 2.05) is 35.6 Å². The summed E-state index contributed by atoms with van der Waals surface area (Å²) in [5.41, 5.74) is 11.7. The van der Waals surface area contributed by atoms with E-state index in [0.29, 0.717) is 5.82 Å². The normalized spacial score (nSPS) is 11.4. The highest BCUT2D eigenvalue weighted by molar-refractivity contribution is 7.26. The molecule has 0 unspecified atom stereocenters. The van der Waals surface area contributed by atoms with Gasteiger partial charge in [0.25, 0.3) is 0 Å². The molecule has 3 heterocycles. The Balaban J connectivity index is 1.16. The fourth-order valence-corrected chi connectivity index (χ4v) is 7.58.